The number of aliphatic imine (C=N–C) groups is 1. The number of likely N-dealkylation sites (N-methyl/N-ethyl adjacent to an activating group) is 1. The van der Waals surface area contributed by atoms with Gasteiger partial charge in [-0.2, -0.15) is 0 Å². The average Bonchev–Trinajstić information content (AvgIpc) is 3.21. The minimum atomic E-state index is -1.64. The number of amides is 2. The van der Waals surface area contributed by atoms with Crippen LogP contribution in [0.5, 0.6) is 5.88 Å². The number of hydrogen-bond donors (Lipinski definition) is 4. The van der Waals surface area contributed by atoms with E-state index in [-0.39, 0.29) is 29.7 Å². The number of H-pyrrole nitrogens is 1. The first-order valence-electron chi connectivity index (χ1n) is 11.6. The fourth-order valence-corrected chi connectivity index (χ4v) is 3.96. The Labute approximate surface area is 214 Å². The van der Waals surface area contributed by atoms with Crippen LogP contribution in [0.25, 0.3) is 10.9 Å². The van der Waals surface area contributed by atoms with Gasteiger partial charge < -0.3 is 29.9 Å². The Kier molecular flexibility index (Phi) is 7.42. The van der Waals surface area contributed by atoms with Gasteiger partial charge in [-0.05, 0) is 35.8 Å². The number of nitrogens with zero attached hydrogens (tertiary/aromatic N) is 3. The minimum Gasteiger partial charge on any atom is -0.494 e. The summed E-state index contributed by atoms with van der Waals surface area (Å²) in [6, 6.07) is 21.1. The van der Waals surface area contributed by atoms with Crippen molar-refractivity contribution in [2.24, 2.45) is 4.99 Å². The van der Waals surface area contributed by atoms with Crippen LogP contribution in [-0.4, -0.2) is 70.3 Å². The second-order valence-electron chi connectivity index (χ2n) is 8.76. The Morgan fingerprint density at radius 1 is 0.973 bits per heavy atom. The number of nitrogens with one attached hydrogen (secondary N) is 1. The van der Waals surface area contributed by atoms with Crippen molar-refractivity contribution in [3.63, 3.8) is 0 Å². The third-order valence-electron chi connectivity index (χ3n) is 5.96. The van der Waals surface area contributed by atoms with Crippen LogP contribution in [0.3, 0.4) is 0 Å². The zero-order valence-electron chi connectivity index (χ0n) is 20.7. The number of anilines is 1. The van der Waals surface area contributed by atoms with E-state index in [2.05, 4.69) is 4.98 Å². The highest BCUT2D eigenvalue weighted by Crippen LogP contribution is 2.31. The van der Waals surface area contributed by atoms with Crippen molar-refractivity contribution in [2.45, 2.75) is 6.92 Å². The molecule has 0 aliphatic carbocycles. The molecule has 0 aliphatic rings. The molecule has 0 unspecified atom stereocenters. The van der Waals surface area contributed by atoms with Gasteiger partial charge in [-0.3, -0.25) is 9.59 Å². The number of hydrogen-bond acceptors (Lipinski definition) is 6. The quantitative estimate of drug-likeness (QED) is 0.229. The van der Waals surface area contributed by atoms with Gasteiger partial charge in [-0.25, -0.2) is 4.99 Å². The fraction of sp³-hybridized carbons (Fsp3) is 0.148. The van der Waals surface area contributed by atoms with Crippen molar-refractivity contribution in [3.8, 4) is 5.88 Å². The summed E-state index contributed by atoms with van der Waals surface area (Å²) < 4.78 is 0. The van der Waals surface area contributed by atoms with E-state index >= 15 is 0 Å². The number of aromatic hydroxyl groups is 1. The molecule has 37 heavy (non-hydrogen) atoms. The molecule has 0 saturated heterocycles. The number of fused-ring (bicyclic) bond motifs is 1. The van der Waals surface area contributed by atoms with Crippen molar-refractivity contribution in [3.05, 3.63) is 83.9 Å². The van der Waals surface area contributed by atoms with Gasteiger partial charge in [0.25, 0.3) is 0 Å². The first-order chi connectivity index (χ1) is 17.7. The molecule has 0 saturated carbocycles. The Hall–Kier alpha value is -4.41. The molecule has 0 aliphatic heterocycles. The van der Waals surface area contributed by atoms with Crippen LogP contribution in [0, 0.1) is 0 Å². The average molecular weight is 498 g/mol. The maximum atomic E-state index is 12.2. The Balaban J connectivity index is 1.78. The van der Waals surface area contributed by atoms with Crippen LogP contribution in [0.2, 0.25) is 0 Å². The molecule has 2 amide bonds. The molecular weight excluding hydrogens is 471 g/mol. The standard InChI is InChI=1S/C27H27BN4O5/c1-17(33)32(16-24(34)31(2)3)21-12-10-20(11-13-21)29-26(18-7-5-4-6-8-18)25-22-14-9-19(28(36)37)15-23(22)30-27(25)35/h4-15,30,35-37H,16H2,1-3H3. The second-order valence-corrected chi connectivity index (χ2v) is 8.76. The topological polar surface area (TPSA) is 129 Å². The number of rotatable bonds is 7. The molecule has 0 fully saturated rings. The summed E-state index contributed by atoms with van der Waals surface area (Å²) in [6.45, 7) is 1.33. The van der Waals surface area contributed by atoms with Crippen molar-refractivity contribution < 1.29 is 24.7 Å². The SMILES string of the molecule is CC(=O)N(CC(=O)N(C)C)c1ccc(N=C(c2ccccc2)c2c(O)[nH]c3cc(B(O)O)ccc23)cc1. The third-order valence-corrected chi connectivity index (χ3v) is 5.96. The molecule has 10 heteroatoms. The summed E-state index contributed by atoms with van der Waals surface area (Å²) in [4.78, 5) is 34.9. The summed E-state index contributed by atoms with van der Waals surface area (Å²) in [6.07, 6.45) is 0. The predicted molar refractivity (Wildman–Crippen MR) is 145 cm³/mol. The number of aromatic amines is 1. The van der Waals surface area contributed by atoms with E-state index in [9.17, 15) is 24.7 Å². The van der Waals surface area contributed by atoms with E-state index in [1.54, 1.807) is 56.6 Å². The molecule has 3 aromatic carbocycles. The maximum absolute atomic E-state index is 12.2. The molecule has 4 rings (SSSR count). The lowest BCUT2D eigenvalue weighted by molar-refractivity contribution is -0.129. The highest BCUT2D eigenvalue weighted by Gasteiger charge is 2.21. The van der Waals surface area contributed by atoms with Gasteiger partial charge in [-0.1, -0.05) is 42.5 Å². The first-order valence-corrected chi connectivity index (χ1v) is 11.6. The lowest BCUT2D eigenvalue weighted by atomic mass is 9.80. The Morgan fingerprint density at radius 3 is 2.24 bits per heavy atom. The molecule has 0 atom stereocenters. The van der Waals surface area contributed by atoms with E-state index in [0.717, 1.165) is 5.56 Å². The number of carbonyl (C=O) groups excluding carboxylic acids is 2. The van der Waals surface area contributed by atoms with E-state index in [4.69, 9.17) is 4.99 Å². The Bertz CT molecular complexity index is 1460. The van der Waals surface area contributed by atoms with Gasteiger partial charge in [0.2, 0.25) is 11.8 Å². The molecular formula is C27H27BN4O5. The van der Waals surface area contributed by atoms with Crippen LogP contribution in [0.4, 0.5) is 11.4 Å². The number of benzene rings is 3. The fourth-order valence-electron chi connectivity index (χ4n) is 3.96. The van der Waals surface area contributed by atoms with Gasteiger partial charge in [-0.15, -0.1) is 0 Å². The largest absolute Gasteiger partial charge is 0.494 e. The molecule has 0 spiro atoms. The summed E-state index contributed by atoms with van der Waals surface area (Å²) in [5, 5.41) is 30.5. The van der Waals surface area contributed by atoms with Gasteiger partial charge in [0.15, 0.2) is 5.88 Å². The third kappa shape index (κ3) is 5.55. The zero-order valence-corrected chi connectivity index (χ0v) is 20.7. The first kappa shape index (κ1) is 25.7. The molecule has 9 nitrogen and oxygen atoms in total. The lowest BCUT2D eigenvalue weighted by Crippen LogP contribution is -2.39. The number of carbonyl (C=O) groups is 2. The number of aromatic nitrogens is 1. The summed E-state index contributed by atoms with van der Waals surface area (Å²) in [5.41, 5.74) is 3.67. The normalized spacial score (nSPS) is 11.4. The smallest absolute Gasteiger partial charge is 0.488 e. The van der Waals surface area contributed by atoms with Gasteiger partial charge in [0.05, 0.1) is 17.0 Å². The van der Waals surface area contributed by atoms with Gasteiger partial charge in [0, 0.05) is 43.2 Å². The van der Waals surface area contributed by atoms with Crippen LogP contribution in [0.15, 0.2) is 77.8 Å². The van der Waals surface area contributed by atoms with E-state index in [1.165, 1.54) is 16.7 Å². The molecule has 1 aromatic heterocycles. The summed E-state index contributed by atoms with van der Waals surface area (Å²) in [5.74, 6) is -0.563. The van der Waals surface area contributed by atoms with Crippen molar-refractivity contribution in [2.75, 3.05) is 25.5 Å². The summed E-state index contributed by atoms with van der Waals surface area (Å²) in [7, 11) is 1.63. The Morgan fingerprint density at radius 2 is 1.65 bits per heavy atom. The molecule has 4 aromatic rings. The molecule has 0 radical (unpaired) electrons. The molecule has 1 heterocycles. The van der Waals surface area contributed by atoms with Gasteiger partial charge in [0.1, 0.15) is 6.54 Å². The van der Waals surface area contributed by atoms with E-state index < -0.39 is 7.12 Å². The molecule has 188 valence electrons. The zero-order chi connectivity index (χ0) is 26.7. The van der Waals surface area contributed by atoms with Crippen molar-refractivity contribution in [1.29, 1.82) is 0 Å². The molecule has 0 bridgehead atoms. The minimum absolute atomic E-state index is 0.0754. The van der Waals surface area contributed by atoms with Crippen LogP contribution in [-0.2, 0) is 9.59 Å². The second kappa shape index (κ2) is 10.7. The van der Waals surface area contributed by atoms with Crippen LogP contribution in [0.1, 0.15) is 18.1 Å². The highest BCUT2D eigenvalue weighted by molar-refractivity contribution is 6.59. The highest BCUT2D eigenvalue weighted by atomic mass is 16.4. The monoisotopic (exact) mass is 498 g/mol. The van der Waals surface area contributed by atoms with E-state index in [0.29, 0.717) is 33.6 Å². The summed E-state index contributed by atoms with van der Waals surface area (Å²) >= 11 is 0. The molecule has 4 N–H and O–H groups in total. The van der Waals surface area contributed by atoms with Gasteiger partial charge >= 0.3 is 7.12 Å². The van der Waals surface area contributed by atoms with Crippen LogP contribution < -0.4 is 10.4 Å². The van der Waals surface area contributed by atoms with E-state index in [1.807, 2.05) is 30.3 Å². The van der Waals surface area contributed by atoms with Crippen molar-refractivity contribution in [1.82, 2.24) is 9.88 Å². The maximum Gasteiger partial charge on any atom is 0.488 e. The van der Waals surface area contributed by atoms with Crippen molar-refractivity contribution >= 4 is 52.4 Å². The predicted octanol–water partition coefficient (Wildman–Crippen LogP) is 2.16. The lowest BCUT2D eigenvalue weighted by Gasteiger charge is -2.22. The van der Waals surface area contributed by atoms with Crippen LogP contribution >= 0.6 is 0 Å².